The minimum atomic E-state index is -0.120. The number of hydrogen-bond donors (Lipinski definition) is 1. The molecule has 0 radical (unpaired) electrons. The second-order valence-electron chi connectivity index (χ2n) is 4.85. The maximum absolute atomic E-state index is 12.2. The lowest BCUT2D eigenvalue weighted by Gasteiger charge is -2.05. The van der Waals surface area contributed by atoms with Crippen LogP contribution >= 0.6 is 0 Å². The number of aromatic nitrogens is 2. The second kappa shape index (κ2) is 5.47. The molecule has 1 N–H and O–H groups in total. The number of fused-ring (bicyclic) bond motifs is 1. The van der Waals surface area contributed by atoms with Gasteiger partial charge in [-0.15, -0.1) is 0 Å². The van der Waals surface area contributed by atoms with Crippen LogP contribution in [0.4, 0.5) is 0 Å². The number of carbonyl (C=O) groups excluding carboxylic acids is 1. The first-order valence-corrected chi connectivity index (χ1v) is 6.88. The summed E-state index contributed by atoms with van der Waals surface area (Å²) in [7, 11) is 0. The first-order valence-electron chi connectivity index (χ1n) is 6.88. The van der Waals surface area contributed by atoms with E-state index in [0.29, 0.717) is 12.1 Å². The van der Waals surface area contributed by atoms with Gasteiger partial charge in [0.05, 0.1) is 11.3 Å². The molecule has 2 aromatic rings. The molecule has 0 atom stereocenters. The van der Waals surface area contributed by atoms with Crippen LogP contribution < -0.4 is 14.8 Å². The highest BCUT2D eigenvalue weighted by atomic mass is 16.7. The number of aryl methyl sites for hydroxylation is 2. The number of rotatable bonds is 4. The maximum Gasteiger partial charge on any atom is 0.255 e. The molecule has 3 rings (SSSR count). The Morgan fingerprint density at radius 1 is 1.38 bits per heavy atom. The van der Waals surface area contributed by atoms with Crippen LogP contribution in [0.15, 0.2) is 24.4 Å². The highest BCUT2D eigenvalue weighted by molar-refractivity contribution is 5.94. The SMILES string of the molecule is CCn1cc(C(=O)NCc2ccc3c(c2)OCO3)c(C)n1. The summed E-state index contributed by atoms with van der Waals surface area (Å²) in [5, 5.41) is 7.17. The van der Waals surface area contributed by atoms with Crippen LogP contribution in [-0.4, -0.2) is 22.5 Å². The molecular formula is C15H17N3O3. The third-order valence-corrected chi connectivity index (χ3v) is 3.41. The van der Waals surface area contributed by atoms with Crippen molar-refractivity contribution in [3.63, 3.8) is 0 Å². The van der Waals surface area contributed by atoms with E-state index in [-0.39, 0.29) is 12.7 Å². The quantitative estimate of drug-likeness (QED) is 0.932. The number of ether oxygens (including phenoxy) is 2. The predicted octanol–water partition coefficient (Wildman–Crippen LogP) is 1.87. The van der Waals surface area contributed by atoms with Gasteiger partial charge in [0.1, 0.15) is 0 Å². The summed E-state index contributed by atoms with van der Waals surface area (Å²) in [6, 6.07) is 5.64. The fraction of sp³-hybridized carbons (Fsp3) is 0.333. The van der Waals surface area contributed by atoms with Crippen molar-refractivity contribution in [2.75, 3.05) is 6.79 Å². The molecule has 21 heavy (non-hydrogen) atoms. The van der Waals surface area contributed by atoms with Crippen molar-refractivity contribution in [3.05, 3.63) is 41.2 Å². The zero-order valence-corrected chi connectivity index (χ0v) is 12.0. The van der Waals surface area contributed by atoms with E-state index in [0.717, 1.165) is 29.3 Å². The van der Waals surface area contributed by atoms with Gasteiger partial charge in [0.15, 0.2) is 11.5 Å². The van der Waals surface area contributed by atoms with E-state index in [9.17, 15) is 4.79 Å². The second-order valence-corrected chi connectivity index (χ2v) is 4.85. The summed E-state index contributed by atoms with van der Waals surface area (Å²) in [6.45, 7) is 5.26. The van der Waals surface area contributed by atoms with E-state index >= 15 is 0 Å². The molecule has 0 aliphatic carbocycles. The summed E-state index contributed by atoms with van der Waals surface area (Å²) < 4.78 is 12.3. The first-order chi connectivity index (χ1) is 10.2. The van der Waals surface area contributed by atoms with Crippen molar-refractivity contribution < 1.29 is 14.3 Å². The minimum absolute atomic E-state index is 0.120. The monoisotopic (exact) mass is 287 g/mol. The first kappa shape index (κ1) is 13.5. The lowest BCUT2D eigenvalue weighted by molar-refractivity contribution is 0.0950. The third-order valence-electron chi connectivity index (χ3n) is 3.41. The molecule has 2 heterocycles. The number of benzene rings is 1. The van der Waals surface area contributed by atoms with E-state index in [1.165, 1.54) is 0 Å². The van der Waals surface area contributed by atoms with E-state index in [1.54, 1.807) is 10.9 Å². The molecule has 0 saturated carbocycles. The Bertz CT molecular complexity index is 679. The molecule has 110 valence electrons. The Balaban J connectivity index is 1.67. The van der Waals surface area contributed by atoms with E-state index < -0.39 is 0 Å². The van der Waals surface area contributed by atoms with Gasteiger partial charge in [-0.3, -0.25) is 9.48 Å². The number of amides is 1. The summed E-state index contributed by atoms with van der Waals surface area (Å²) >= 11 is 0. The molecule has 0 fully saturated rings. The smallest absolute Gasteiger partial charge is 0.255 e. The highest BCUT2D eigenvalue weighted by Crippen LogP contribution is 2.32. The van der Waals surface area contributed by atoms with Gasteiger partial charge in [-0.2, -0.15) is 5.10 Å². The lowest BCUT2D eigenvalue weighted by Crippen LogP contribution is -2.23. The topological polar surface area (TPSA) is 65.4 Å². The number of carbonyl (C=O) groups is 1. The van der Waals surface area contributed by atoms with Gasteiger partial charge in [-0.1, -0.05) is 6.07 Å². The standard InChI is InChI=1S/C15H17N3O3/c1-3-18-8-12(10(2)17-18)15(19)16-7-11-4-5-13-14(6-11)21-9-20-13/h4-6,8H,3,7,9H2,1-2H3,(H,16,19). The summed E-state index contributed by atoms with van der Waals surface area (Å²) in [5.74, 6) is 1.34. The molecule has 0 unspecified atom stereocenters. The van der Waals surface area contributed by atoms with Gasteiger partial charge in [-0.25, -0.2) is 0 Å². The number of hydrogen-bond acceptors (Lipinski definition) is 4. The van der Waals surface area contributed by atoms with Crippen LogP contribution in [0, 0.1) is 6.92 Å². The summed E-state index contributed by atoms with van der Waals surface area (Å²) in [5.41, 5.74) is 2.31. The largest absolute Gasteiger partial charge is 0.454 e. The zero-order valence-electron chi connectivity index (χ0n) is 12.0. The van der Waals surface area contributed by atoms with Crippen molar-refractivity contribution >= 4 is 5.91 Å². The van der Waals surface area contributed by atoms with Gasteiger partial charge >= 0.3 is 0 Å². The lowest BCUT2D eigenvalue weighted by atomic mass is 10.2. The highest BCUT2D eigenvalue weighted by Gasteiger charge is 2.15. The van der Waals surface area contributed by atoms with E-state index in [4.69, 9.17) is 9.47 Å². The Morgan fingerprint density at radius 3 is 2.95 bits per heavy atom. The van der Waals surface area contributed by atoms with Crippen molar-refractivity contribution in [2.45, 2.75) is 26.9 Å². The van der Waals surface area contributed by atoms with Gasteiger partial charge in [0.2, 0.25) is 6.79 Å². The molecule has 1 amide bonds. The number of nitrogens with zero attached hydrogens (tertiary/aromatic N) is 2. The van der Waals surface area contributed by atoms with Crippen LogP contribution in [-0.2, 0) is 13.1 Å². The fourth-order valence-corrected chi connectivity index (χ4v) is 2.23. The van der Waals surface area contributed by atoms with Crippen molar-refractivity contribution in [1.82, 2.24) is 15.1 Å². The van der Waals surface area contributed by atoms with Crippen molar-refractivity contribution in [2.24, 2.45) is 0 Å². The molecule has 6 nitrogen and oxygen atoms in total. The van der Waals surface area contributed by atoms with Crippen LogP contribution in [0.5, 0.6) is 11.5 Å². The molecule has 1 aromatic heterocycles. The van der Waals surface area contributed by atoms with Crippen LogP contribution in [0.3, 0.4) is 0 Å². The molecule has 0 bridgehead atoms. The van der Waals surface area contributed by atoms with Crippen LogP contribution in [0.2, 0.25) is 0 Å². The molecule has 1 aliphatic heterocycles. The fourth-order valence-electron chi connectivity index (χ4n) is 2.23. The Kier molecular flexibility index (Phi) is 3.51. The third kappa shape index (κ3) is 2.69. The molecule has 6 heteroatoms. The molecular weight excluding hydrogens is 270 g/mol. The number of nitrogens with one attached hydrogen (secondary N) is 1. The van der Waals surface area contributed by atoms with E-state index in [2.05, 4.69) is 10.4 Å². The Labute approximate surface area is 122 Å². The Hall–Kier alpha value is -2.50. The van der Waals surface area contributed by atoms with Gasteiger partial charge in [0.25, 0.3) is 5.91 Å². The predicted molar refractivity (Wildman–Crippen MR) is 76.4 cm³/mol. The maximum atomic E-state index is 12.2. The molecule has 0 saturated heterocycles. The molecule has 1 aromatic carbocycles. The van der Waals surface area contributed by atoms with Crippen molar-refractivity contribution in [3.8, 4) is 11.5 Å². The van der Waals surface area contributed by atoms with Gasteiger partial charge < -0.3 is 14.8 Å². The van der Waals surface area contributed by atoms with Crippen molar-refractivity contribution in [1.29, 1.82) is 0 Å². The summed E-state index contributed by atoms with van der Waals surface area (Å²) in [4.78, 5) is 12.2. The molecule has 0 spiro atoms. The van der Waals surface area contributed by atoms with Crippen LogP contribution in [0.25, 0.3) is 0 Å². The average molecular weight is 287 g/mol. The zero-order chi connectivity index (χ0) is 14.8. The Morgan fingerprint density at radius 2 is 2.19 bits per heavy atom. The van der Waals surface area contributed by atoms with Crippen LogP contribution in [0.1, 0.15) is 28.5 Å². The van der Waals surface area contributed by atoms with Gasteiger partial charge in [-0.05, 0) is 31.5 Å². The normalized spacial score (nSPS) is 12.5. The van der Waals surface area contributed by atoms with Gasteiger partial charge in [0, 0.05) is 19.3 Å². The summed E-state index contributed by atoms with van der Waals surface area (Å²) in [6.07, 6.45) is 1.77. The van der Waals surface area contributed by atoms with E-state index in [1.807, 2.05) is 32.0 Å². The minimum Gasteiger partial charge on any atom is -0.454 e. The average Bonchev–Trinajstić information content (AvgIpc) is 3.10. The molecule has 1 aliphatic rings.